The zero-order valence-electron chi connectivity index (χ0n) is 10.4. The summed E-state index contributed by atoms with van der Waals surface area (Å²) in [4.78, 5) is 11.9. The molecule has 0 aliphatic carbocycles. The normalized spacial score (nSPS) is 13.6. The molecular weight excluding hydrogens is 218 g/mol. The summed E-state index contributed by atoms with van der Waals surface area (Å²) in [6, 6.07) is 1.79. The van der Waals surface area contributed by atoms with Gasteiger partial charge in [-0.1, -0.05) is 0 Å². The Morgan fingerprint density at radius 3 is 2.71 bits per heavy atom. The molecule has 17 heavy (non-hydrogen) atoms. The van der Waals surface area contributed by atoms with Crippen LogP contribution in [0.3, 0.4) is 0 Å². The Bertz CT molecular complexity index is 454. The first kappa shape index (κ1) is 11.9. The highest BCUT2D eigenvalue weighted by molar-refractivity contribution is 6.00. The molecule has 1 N–H and O–H groups in total. The summed E-state index contributed by atoms with van der Waals surface area (Å²) in [6.45, 7) is 5.33. The first-order chi connectivity index (χ1) is 8.15. The summed E-state index contributed by atoms with van der Waals surface area (Å²) in [7, 11) is 1.76. The van der Waals surface area contributed by atoms with Gasteiger partial charge in [0.05, 0.1) is 6.54 Å². The maximum absolute atomic E-state index is 11.9. The van der Waals surface area contributed by atoms with Crippen molar-refractivity contribution in [2.45, 2.75) is 13.8 Å². The van der Waals surface area contributed by atoms with E-state index in [2.05, 4.69) is 5.32 Å². The predicted molar refractivity (Wildman–Crippen MR) is 65.2 cm³/mol. The van der Waals surface area contributed by atoms with E-state index in [4.69, 9.17) is 9.47 Å². The lowest BCUT2D eigenvalue weighted by Gasteiger charge is -2.22. The first-order valence-corrected chi connectivity index (χ1v) is 5.72. The molecule has 0 radical (unpaired) electrons. The molecule has 4 heteroatoms. The predicted octanol–water partition coefficient (Wildman–Crippen LogP) is 1.48. The second-order valence-corrected chi connectivity index (χ2v) is 4.15. The van der Waals surface area contributed by atoms with Gasteiger partial charge in [0.15, 0.2) is 17.3 Å². The van der Waals surface area contributed by atoms with Gasteiger partial charge in [-0.05, 0) is 38.1 Å². The molecule has 0 aromatic heterocycles. The van der Waals surface area contributed by atoms with Crippen molar-refractivity contribution in [1.29, 1.82) is 0 Å². The molecule has 0 saturated carbocycles. The minimum atomic E-state index is 0.0741. The Labute approximate surface area is 101 Å². The fourth-order valence-corrected chi connectivity index (χ4v) is 1.99. The third-order valence-corrected chi connectivity index (χ3v) is 3.03. The maximum Gasteiger partial charge on any atom is 0.177 e. The number of Topliss-reactive ketones (excluding diaryl/α,β-unsaturated/α-hetero) is 1. The van der Waals surface area contributed by atoms with Crippen LogP contribution in [0.4, 0.5) is 0 Å². The molecule has 2 rings (SSSR count). The Hall–Kier alpha value is -1.55. The van der Waals surface area contributed by atoms with Crippen molar-refractivity contribution in [3.05, 3.63) is 22.8 Å². The molecule has 0 atom stereocenters. The van der Waals surface area contributed by atoms with E-state index in [1.165, 1.54) is 0 Å². The van der Waals surface area contributed by atoms with Gasteiger partial charge in [-0.3, -0.25) is 4.79 Å². The van der Waals surface area contributed by atoms with E-state index < -0.39 is 0 Å². The lowest BCUT2D eigenvalue weighted by Crippen LogP contribution is -2.21. The Morgan fingerprint density at radius 1 is 1.29 bits per heavy atom. The van der Waals surface area contributed by atoms with E-state index in [9.17, 15) is 4.79 Å². The van der Waals surface area contributed by atoms with E-state index in [1.54, 1.807) is 13.1 Å². The summed E-state index contributed by atoms with van der Waals surface area (Å²) >= 11 is 0. The van der Waals surface area contributed by atoms with Crippen molar-refractivity contribution in [1.82, 2.24) is 5.32 Å². The van der Waals surface area contributed by atoms with Crippen LogP contribution in [0.2, 0.25) is 0 Å². The molecule has 0 bridgehead atoms. The Balaban J connectivity index is 2.47. The number of likely N-dealkylation sites (N-methyl/N-ethyl adjacent to an activating group) is 1. The molecule has 4 nitrogen and oxygen atoms in total. The van der Waals surface area contributed by atoms with E-state index in [0.29, 0.717) is 31.1 Å². The minimum Gasteiger partial charge on any atom is -0.486 e. The van der Waals surface area contributed by atoms with Gasteiger partial charge in [-0.15, -0.1) is 0 Å². The summed E-state index contributed by atoms with van der Waals surface area (Å²) in [5, 5.41) is 2.87. The van der Waals surface area contributed by atoms with Gasteiger partial charge in [0.1, 0.15) is 13.2 Å². The quantitative estimate of drug-likeness (QED) is 0.806. The van der Waals surface area contributed by atoms with Crippen molar-refractivity contribution in [3.63, 3.8) is 0 Å². The number of carbonyl (C=O) groups is 1. The van der Waals surface area contributed by atoms with Crippen LogP contribution >= 0.6 is 0 Å². The zero-order valence-corrected chi connectivity index (χ0v) is 10.4. The molecule has 0 unspecified atom stereocenters. The van der Waals surface area contributed by atoms with E-state index in [0.717, 1.165) is 16.9 Å². The Morgan fingerprint density at radius 2 is 2.00 bits per heavy atom. The molecule has 1 aromatic carbocycles. The van der Waals surface area contributed by atoms with Crippen LogP contribution in [0.25, 0.3) is 0 Å². The van der Waals surface area contributed by atoms with Gasteiger partial charge in [0, 0.05) is 5.56 Å². The van der Waals surface area contributed by atoms with E-state index in [1.807, 2.05) is 13.8 Å². The lowest BCUT2D eigenvalue weighted by atomic mass is 9.98. The summed E-state index contributed by atoms with van der Waals surface area (Å²) in [6.07, 6.45) is 0. The summed E-state index contributed by atoms with van der Waals surface area (Å²) in [5.41, 5.74) is 2.66. The number of benzene rings is 1. The molecule has 0 spiro atoms. The van der Waals surface area contributed by atoms with Crippen molar-refractivity contribution in [3.8, 4) is 11.5 Å². The van der Waals surface area contributed by atoms with Gasteiger partial charge in [-0.2, -0.15) is 0 Å². The van der Waals surface area contributed by atoms with Crippen LogP contribution in [0.15, 0.2) is 6.07 Å². The average molecular weight is 235 g/mol. The highest BCUT2D eigenvalue weighted by Gasteiger charge is 2.20. The van der Waals surface area contributed by atoms with Crippen LogP contribution in [-0.4, -0.2) is 32.6 Å². The minimum absolute atomic E-state index is 0.0741. The smallest absolute Gasteiger partial charge is 0.177 e. The van der Waals surface area contributed by atoms with Crippen LogP contribution in [-0.2, 0) is 0 Å². The second-order valence-electron chi connectivity index (χ2n) is 4.15. The van der Waals surface area contributed by atoms with Crippen LogP contribution in [0.1, 0.15) is 21.5 Å². The van der Waals surface area contributed by atoms with Gasteiger partial charge >= 0.3 is 0 Å². The maximum atomic E-state index is 11.9. The monoisotopic (exact) mass is 235 g/mol. The van der Waals surface area contributed by atoms with Gasteiger partial charge < -0.3 is 14.8 Å². The van der Waals surface area contributed by atoms with E-state index in [-0.39, 0.29) is 5.78 Å². The molecule has 1 aliphatic rings. The molecule has 1 aromatic rings. The molecule has 0 amide bonds. The third-order valence-electron chi connectivity index (χ3n) is 3.03. The number of fused-ring (bicyclic) bond motifs is 1. The molecule has 92 valence electrons. The second kappa shape index (κ2) is 4.75. The standard InChI is InChI=1S/C13H17NO3/c1-8-9(2)13-12(16-4-5-17-13)6-10(8)11(15)7-14-3/h6,14H,4-5,7H2,1-3H3. The largest absolute Gasteiger partial charge is 0.486 e. The van der Waals surface area contributed by atoms with Gasteiger partial charge in [-0.25, -0.2) is 0 Å². The molecule has 1 heterocycles. The first-order valence-electron chi connectivity index (χ1n) is 5.72. The fraction of sp³-hybridized carbons (Fsp3) is 0.462. The van der Waals surface area contributed by atoms with Crippen LogP contribution in [0, 0.1) is 13.8 Å². The number of ketones is 1. The Kier molecular flexibility index (Phi) is 3.33. The number of nitrogens with one attached hydrogen (secondary N) is 1. The highest BCUT2D eigenvalue weighted by Crippen LogP contribution is 2.37. The topological polar surface area (TPSA) is 47.6 Å². The van der Waals surface area contributed by atoms with Gasteiger partial charge in [0.25, 0.3) is 0 Å². The number of carbonyl (C=O) groups excluding carboxylic acids is 1. The van der Waals surface area contributed by atoms with Crippen molar-refractivity contribution >= 4 is 5.78 Å². The highest BCUT2D eigenvalue weighted by atomic mass is 16.6. The van der Waals surface area contributed by atoms with Crippen LogP contribution < -0.4 is 14.8 Å². The fourth-order valence-electron chi connectivity index (χ4n) is 1.99. The van der Waals surface area contributed by atoms with Crippen molar-refractivity contribution in [2.24, 2.45) is 0 Å². The zero-order chi connectivity index (χ0) is 12.4. The molecule has 1 aliphatic heterocycles. The van der Waals surface area contributed by atoms with Gasteiger partial charge in [0.2, 0.25) is 0 Å². The molecule has 0 fully saturated rings. The molecule has 0 saturated heterocycles. The molecular formula is C13H17NO3. The van der Waals surface area contributed by atoms with Crippen LogP contribution in [0.5, 0.6) is 11.5 Å². The van der Waals surface area contributed by atoms with Crippen molar-refractivity contribution in [2.75, 3.05) is 26.8 Å². The van der Waals surface area contributed by atoms with Crippen molar-refractivity contribution < 1.29 is 14.3 Å². The van der Waals surface area contributed by atoms with E-state index >= 15 is 0 Å². The average Bonchev–Trinajstić information content (AvgIpc) is 2.34. The summed E-state index contributed by atoms with van der Waals surface area (Å²) < 4.78 is 11.1. The third kappa shape index (κ3) is 2.13. The number of hydrogen-bond acceptors (Lipinski definition) is 4. The number of hydrogen-bond donors (Lipinski definition) is 1. The lowest BCUT2D eigenvalue weighted by molar-refractivity contribution is 0.0991. The summed E-state index contributed by atoms with van der Waals surface area (Å²) in [5.74, 6) is 1.53. The number of ether oxygens (including phenoxy) is 2. The number of rotatable bonds is 3. The SMILES string of the molecule is CNCC(=O)c1cc2c(c(C)c1C)OCCO2.